The lowest BCUT2D eigenvalue weighted by Crippen LogP contribution is -2.42. The first kappa shape index (κ1) is 17.6. The van der Waals surface area contributed by atoms with Gasteiger partial charge in [0.1, 0.15) is 11.9 Å². The van der Waals surface area contributed by atoms with E-state index in [0.29, 0.717) is 32.5 Å². The first-order chi connectivity index (χ1) is 12.1. The third-order valence-corrected chi connectivity index (χ3v) is 4.21. The van der Waals surface area contributed by atoms with Crippen LogP contribution in [-0.2, 0) is 22.5 Å². The van der Waals surface area contributed by atoms with Crippen LogP contribution in [0.2, 0.25) is 0 Å². The summed E-state index contributed by atoms with van der Waals surface area (Å²) in [6.07, 6.45) is 6.40. The summed E-state index contributed by atoms with van der Waals surface area (Å²) in [7, 11) is 4.03. The molecular weight excluding hydrogens is 318 g/mol. The third-order valence-electron chi connectivity index (χ3n) is 4.21. The molecule has 0 saturated carbocycles. The van der Waals surface area contributed by atoms with Gasteiger partial charge in [0, 0.05) is 43.8 Å². The number of aromatic nitrogens is 3. The number of nitrogens with zero attached hydrogens (tertiary/aromatic N) is 4. The monoisotopic (exact) mass is 343 g/mol. The van der Waals surface area contributed by atoms with E-state index >= 15 is 0 Å². The predicted octanol–water partition coefficient (Wildman–Crippen LogP) is 1.40. The van der Waals surface area contributed by atoms with Crippen molar-refractivity contribution in [2.24, 2.45) is 0 Å². The van der Waals surface area contributed by atoms with E-state index in [4.69, 9.17) is 4.74 Å². The minimum atomic E-state index is -0.188. The van der Waals surface area contributed by atoms with E-state index in [1.165, 1.54) is 0 Å². The Kier molecular flexibility index (Phi) is 5.78. The van der Waals surface area contributed by atoms with Gasteiger partial charge in [0.2, 0.25) is 5.91 Å². The molecule has 0 spiro atoms. The van der Waals surface area contributed by atoms with Crippen LogP contribution in [0.1, 0.15) is 29.6 Å². The molecule has 3 heterocycles. The zero-order valence-electron chi connectivity index (χ0n) is 14.8. The Hall–Kier alpha value is -2.25. The first-order valence-electron chi connectivity index (χ1n) is 8.58. The second-order valence-electron chi connectivity index (χ2n) is 6.59. The van der Waals surface area contributed by atoms with Crippen molar-refractivity contribution in [3.63, 3.8) is 0 Å². The lowest BCUT2D eigenvalue weighted by atomic mass is 10.1. The van der Waals surface area contributed by atoms with Crippen molar-refractivity contribution in [1.29, 1.82) is 0 Å². The molecule has 2 aromatic heterocycles. The number of amides is 1. The van der Waals surface area contributed by atoms with Gasteiger partial charge in [-0.2, -0.15) is 0 Å². The number of pyridine rings is 1. The minimum Gasteiger partial charge on any atom is -0.367 e. The van der Waals surface area contributed by atoms with Gasteiger partial charge in [-0.3, -0.25) is 9.78 Å². The Morgan fingerprint density at radius 1 is 1.44 bits per heavy atom. The average Bonchev–Trinajstić information content (AvgIpc) is 3.08. The third kappa shape index (κ3) is 4.87. The van der Waals surface area contributed by atoms with Crippen LogP contribution in [0.3, 0.4) is 0 Å². The smallest absolute Gasteiger partial charge is 0.223 e. The number of morpholine rings is 1. The largest absolute Gasteiger partial charge is 0.367 e. The molecule has 0 bridgehead atoms. The Labute approximate surface area is 148 Å². The summed E-state index contributed by atoms with van der Waals surface area (Å²) in [5.74, 6) is 0.943. The number of hydrogen-bond donors (Lipinski definition) is 1. The standard InChI is InChI=1S/C18H25N5O2/c1-22(2)12-15-11-20-18(21-15)16-13-23(8-9-25-16)17(24)6-5-14-4-3-7-19-10-14/h3-4,7,10-11,16H,5-6,8-9,12-13H2,1-2H3,(H,20,21). The number of H-pyrrole nitrogens is 1. The van der Waals surface area contributed by atoms with E-state index in [-0.39, 0.29) is 12.0 Å². The summed E-state index contributed by atoms with van der Waals surface area (Å²) in [5, 5.41) is 0. The minimum absolute atomic E-state index is 0.150. The fraction of sp³-hybridized carbons (Fsp3) is 0.500. The number of imidazole rings is 1. The van der Waals surface area contributed by atoms with Crippen molar-refractivity contribution >= 4 is 5.91 Å². The van der Waals surface area contributed by atoms with Crippen LogP contribution in [0.5, 0.6) is 0 Å². The van der Waals surface area contributed by atoms with Crippen molar-refractivity contribution in [3.8, 4) is 0 Å². The zero-order chi connectivity index (χ0) is 17.6. The summed E-state index contributed by atoms with van der Waals surface area (Å²) in [5.41, 5.74) is 2.13. The van der Waals surface area contributed by atoms with Crippen LogP contribution in [0.4, 0.5) is 0 Å². The van der Waals surface area contributed by atoms with Crippen LogP contribution in [0.25, 0.3) is 0 Å². The Balaban J connectivity index is 1.55. The van der Waals surface area contributed by atoms with Crippen molar-refractivity contribution in [2.45, 2.75) is 25.5 Å². The molecular formula is C18H25N5O2. The fourth-order valence-electron chi connectivity index (χ4n) is 2.96. The molecule has 0 aromatic carbocycles. The van der Waals surface area contributed by atoms with Crippen LogP contribution < -0.4 is 0 Å². The van der Waals surface area contributed by atoms with Gasteiger partial charge in [-0.05, 0) is 32.1 Å². The maximum absolute atomic E-state index is 12.5. The Bertz CT molecular complexity index is 686. The number of carbonyl (C=O) groups is 1. The number of rotatable bonds is 6. The first-order valence-corrected chi connectivity index (χ1v) is 8.58. The SMILES string of the molecule is CN(C)Cc1cnc(C2CN(C(=O)CCc3cccnc3)CCO2)[nH]1. The molecule has 7 heteroatoms. The van der Waals surface area contributed by atoms with Crippen molar-refractivity contribution in [1.82, 2.24) is 24.8 Å². The highest BCUT2D eigenvalue weighted by atomic mass is 16.5. The molecule has 1 unspecified atom stereocenters. The number of nitrogens with one attached hydrogen (secondary N) is 1. The number of ether oxygens (including phenoxy) is 1. The van der Waals surface area contributed by atoms with E-state index in [2.05, 4.69) is 19.9 Å². The van der Waals surface area contributed by atoms with Gasteiger partial charge in [-0.1, -0.05) is 6.07 Å². The van der Waals surface area contributed by atoms with Gasteiger partial charge in [-0.25, -0.2) is 4.98 Å². The molecule has 25 heavy (non-hydrogen) atoms. The van der Waals surface area contributed by atoms with Gasteiger partial charge in [0.05, 0.1) is 13.2 Å². The molecule has 7 nitrogen and oxygen atoms in total. The Morgan fingerprint density at radius 2 is 2.32 bits per heavy atom. The van der Waals surface area contributed by atoms with E-state index in [1.807, 2.05) is 43.5 Å². The highest BCUT2D eigenvalue weighted by Crippen LogP contribution is 2.21. The predicted molar refractivity (Wildman–Crippen MR) is 93.8 cm³/mol. The summed E-state index contributed by atoms with van der Waals surface area (Å²) in [4.78, 5) is 28.3. The van der Waals surface area contributed by atoms with Gasteiger partial charge >= 0.3 is 0 Å². The molecule has 3 rings (SSSR count). The van der Waals surface area contributed by atoms with E-state index in [1.54, 1.807) is 6.20 Å². The van der Waals surface area contributed by atoms with E-state index < -0.39 is 0 Å². The van der Waals surface area contributed by atoms with Gasteiger partial charge in [-0.15, -0.1) is 0 Å². The lowest BCUT2D eigenvalue weighted by Gasteiger charge is -2.32. The van der Waals surface area contributed by atoms with Crippen LogP contribution in [0, 0.1) is 0 Å². The quantitative estimate of drug-likeness (QED) is 0.858. The Morgan fingerprint density at radius 3 is 3.08 bits per heavy atom. The molecule has 1 saturated heterocycles. The number of hydrogen-bond acceptors (Lipinski definition) is 5. The molecule has 2 aromatic rings. The second kappa shape index (κ2) is 8.22. The second-order valence-corrected chi connectivity index (χ2v) is 6.59. The number of aromatic amines is 1. The maximum Gasteiger partial charge on any atom is 0.223 e. The molecule has 134 valence electrons. The number of aryl methyl sites for hydroxylation is 1. The van der Waals surface area contributed by atoms with Crippen LogP contribution in [0.15, 0.2) is 30.7 Å². The highest BCUT2D eigenvalue weighted by molar-refractivity contribution is 5.76. The average molecular weight is 343 g/mol. The molecule has 1 amide bonds. The van der Waals surface area contributed by atoms with Gasteiger partial charge in [0.25, 0.3) is 0 Å². The molecule has 1 aliphatic heterocycles. The summed E-state index contributed by atoms with van der Waals surface area (Å²) in [6, 6.07) is 3.89. The van der Waals surface area contributed by atoms with E-state index in [9.17, 15) is 4.79 Å². The normalized spacial score (nSPS) is 17.9. The summed E-state index contributed by atoms with van der Waals surface area (Å²) >= 11 is 0. The van der Waals surface area contributed by atoms with Gasteiger partial charge < -0.3 is 19.5 Å². The molecule has 1 aliphatic rings. The summed E-state index contributed by atoms with van der Waals surface area (Å²) in [6.45, 7) is 2.51. The van der Waals surface area contributed by atoms with E-state index in [0.717, 1.165) is 23.6 Å². The fourth-order valence-corrected chi connectivity index (χ4v) is 2.96. The van der Waals surface area contributed by atoms with Crippen LogP contribution >= 0.6 is 0 Å². The molecule has 0 aliphatic carbocycles. The van der Waals surface area contributed by atoms with Crippen molar-refractivity contribution in [3.05, 3.63) is 47.8 Å². The molecule has 1 fully saturated rings. The maximum atomic E-state index is 12.5. The lowest BCUT2D eigenvalue weighted by molar-refractivity contribution is -0.139. The van der Waals surface area contributed by atoms with Crippen molar-refractivity contribution < 1.29 is 9.53 Å². The van der Waals surface area contributed by atoms with Gasteiger partial charge in [0.15, 0.2) is 0 Å². The zero-order valence-corrected chi connectivity index (χ0v) is 14.8. The van der Waals surface area contributed by atoms with Crippen LogP contribution in [-0.4, -0.2) is 64.5 Å². The topological polar surface area (TPSA) is 74.3 Å². The number of carbonyl (C=O) groups excluding carboxylic acids is 1. The van der Waals surface area contributed by atoms with Crippen molar-refractivity contribution in [2.75, 3.05) is 33.8 Å². The summed E-state index contributed by atoms with van der Waals surface area (Å²) < 4.78 is 5.81. The highest BCUT2D eigenvalue weighted by Gasteiger charge is 2.27. The molecule has 1 atom stereocenters. The molecule has 0 radical (unpaired) electrons. The molecule has 1 N–H and O–H groups in total.